The number of benzene rings is 2. The molecule has 7 heteroatoms. The first kappa shape index (κ1) is 19.5. The zero-order valence-corrected chi connectivity index (χ0v) is 15.5. The summed E-state index contributed by atoms with van der Waals surface area (Å²) in [5, 5.41) is 8.91. The number of carboxylic acid groups (broad SMARTS) is 1. The third-order valence-corrected chi connectivity index (χ3v) is 4.89. The Hall–Kier alpha value is -3.22. The number of aromatic carboxylic acids is 1. The van der Waals surface area contributed by atoms with E-state index in [9.17, 15) is 18.8 Å². The van der Waals surface area contributed by atoms with Crippen molar-refractivity contribution in [3.05, 3.63) is 70.5 Å². The van der Waals surface area contributed by atoms with Crippen LogP contribution in [-0.2, 0) is 11.2 Å². The molecule has 146 valence electrons. The number of carboxylic acids is 1. The first-order valence-electron chi connectivity index (χ1n) is 9.00. The Morgan fingerprint density at radius 2 is 1.50 bits per heavy atom. The zero-order chi connectivity index (χ0) is 20.3. The normalized spacial score (nSPS) is 14.1. The quantitative estimate of drug-likeness (QED) is 0.878. The second kappa shape index (κ2) is 8.21. The summed E-state index contributed by atoms with van der Waals surface area (Å²) in [5.41, 5.74) is 1.71. The maximum absolute atomic E-state index is 13.7. The van der Waals surface area contributed by atoms with Crippen molar-refractivity contribution in [2.45, 2.75) is 13.3 Å². The van der Waals surface area contributed by atoms with Gasteiger partial charge in [0.25, 0.3) is 5.91 Å². The molecule has 1 N–H and O–H groups in total. The Morgan fingerprint density at radius 3 is 2.07 bits per heavy atom. The summed E-state index contributed by atoms with van der Waals surface area (Å²) >= 11 is 0. The summed E-state index contributed by atoms with van der Waals surface area (Å²) < 4.78 is 13.7. The fourth-order valence-electron chi connectivity index (χ4n) is 3.12. The summed E-state index contributed by atoms with van der Waals surface area (Å²) in [7, 11) is 0. The van der Waals surface area contributed by atoms with E-state index in [4.69, 9.17) is 5.11 Å². The third-order valence-electron chi connectivity index (χ3n) is 4.89. The van der Waals surface area contributed by atoms with Crippen LogP contribution in [0.1, 0.15) is 31.8 Å². The predicted octanol–water partition coefficient (Wildman–Crippen LogP) is 2.36. The highest BCUT2D eigenvalue weighted by Crippen LogP contribution is 2.14. The van der Waals surface area contributed by atoms with Gasteiger partial charge in [-0.05, 0) is 42.3 Å². The Labute approximate surface area is 162 Å². The van der Waals surface area contributed by atoms with E-state index in [1.807, 2.05) is 0 Å². The molecule has 0 aromatic heterocycles. The van der Waals surface area contributed by atoms with Crippen LogP contribution in [0, 0.1) is 12.7 Å². The second-order valence-electron chi connectivity index (χ2n) is 6.82. The lowest BCUT2D eigenvalue weighted by molar-refractivity contribution is -0.131. The van der Waals surface area contributed by atoms with E-state index >= 15 is 0 Å². The Balaban J connectivity index is 1.55. The van der Waals surface area contributed by atoms with Crippen molar-refractivity contribution in [2.24, 2.45) is 0 Å². The highest BCUT2D eigenvalue weighted by Gasteiger charge is 2.25. The number of hydrogen-bond acceptors (Lipinski definition) is 3. The molecule has 0 bridgehead atoms. The molecule has 0 spiro atoms. The summed E-state index contributed by atoms with van der Waals surface area (Å²) in [6, 6.07) is 10.7. The van der Waals surface area contributed by atoms with Gasteiger partial charge in [0.1, 0.15) is 5.82 Å². The highest BCUT2D eigenvalue weighted by molar-refractivity contribution is 5.94. The number of amides is 2. The lowest BCUT2D eigenvalue weighted by atomic mass is 10.1. The number of halogens is 1. The van der Waals surface area contributed by atoms with E-state index in [1.165, 1.54) is 18.2 Å². The van der Waals surface area contributed by atoms with Gasteiger partial charge in [-0.1, -0.05) is 18.2 Å². The molecule has 2 amide bonds. The average molecular weight is 384 g/mol. The third kappa shape index (κ3) is 4.36. The predicted molar refractivity (Wildman–Crippen MR) is 101 cm³/mol. The first-order chi connectivity index (χ1) is 13.3. The monoisotopic (exact) mass is 384 g/mol. The molecule has 1 aliphatic heterocycles. The van der Waals surface area contributed by atoms with E-state index in [0.29, 0.717) is 37.3 Å². The van der Waals surface area contributed by atoms with Crippen molar-refractivity contribution >= 4 is 17.8 Å². The number of piperazine rings is 1. The molecule has 1 saturated heterocycles. The Kier molecular flexibility index (Phi) is 5.73. The van der Waals surface area contributed by atoms with Crippen LogP contribution < -0.4 is 0 Å². The van der Waals surface area contributed by atoms with Crippen LogP contribution in [0.25, 0.3) is 0 Å². The summed E-state index contributed by atoms with van der Waals surface area (Å²) in [6.07, 6.45) is 0.178. The van der Waals surface area contributed by atoms with Crippen LogP contribution in [0.4, 0.5) is 4.39 Å². The van der Waals surface area contributed by atoms with Crippen LogP contribution in [0.5, 0.6) is 0 Å². The minimum Gasteiger partial charge on any atom is -0.478 e. The van der Waals surface area contributed by atoms with Gasteiger partial charge in [0, 0.05) is 31.7 Å². The molecule has 2 aromatic carbocycles. The molecule has 0 unspecified atom stereocenters. The number of rotatable bonds is 4. The van der Waals surface area contributed by atoms with E-state index in [1.54, 1.807) is 41.0 Å². The molecule has 0 radical (unpaired) electrons. The summed E-state index contributed by atoms with van der Waals surface area (Å²) in [6.45, 7) is 3.23. The molecule has 1 fully saturated rings. The number of carbonyl (C=O) groups excluding carboxylic acids is 2. The van der Waals surface area contributed by atoms with Crippen LogP contribution in [0.15, 0.2) is 42.5 Å². The average Bonchev–Trinajstić information content (AvgIpc) is 2.70. The minimum absolute atomic E-state index is 0.0726. The largest absolute Gasteiger partial charge is 0.478 e. The Bertz CT molecular complexity index is 903. The van der Waals surface area contributed by atoms with Gasteiger partial charge in [0.05, 0.1) is 12.0 Å². The molecule has 0 saturated carbocycles. The molecule has 0 aliphatic carbocycles. The fourth-order valence-corrected chi connectivity index (χ4v) is 3.12. The molecule has 28 heavy (non-hydrogen) atoms. The van der Waals surface area contributed by atoms with Crippen molar-refractivity contribution in [1.82, 2.24) is 9.80 Å². The highest BCUT2D eigenvalue weighted by atomic mass is 19.1. The standard InChI is InChI=1S/C21H21FN2O4/c1-14-2-5-17(13-18(14)22)20(26)24-10-8-23(9-11-24)19(25)12-15-3-6-16(7-4-15)21(27)28/h2-7,13H,8-12H2,1H3,(H,27,28). The maximum atomic E-state index is 13.7. The van der Waals surface area contributed by atoms with Crippen molar-refractivity contribution in [3.63, 3.8) is 0 Å². The summed E-state index contributed by atoms with van der Waals surface area (Å²) in [5.74, 6) is -1.73. The van der Waals surface area contributed by atoms with Crippen molar-refractivity contribution < 1.29 is 23.9 Å². The van der Waals surface area contributed by atoms with Crippen LogP contribution in [0.3, 0.4) is 0 Å². The van der Waals surface area contributed by atoms with Crippen LogP contribution >= 0.6 is 0 Å². The second-order valence-corrected chi connectivity index (χ2v) is 6.82. The Morgan fingerprint density at radius 1 is 0.929 bits per heavy atom. The SMILES string of the molecule is Cc1ccc(C(=O)N2CCN(C(=O)Cc3ccc(C(=O)O)cc3)CC2)cc1F. The molecule has 0 atom stereocenters. The fraction of sp³-hybridized carbons (Fsp3) is 0.286. The van der Waals surface area contributed by atoms with Crippen molar-refractivity contribution in [2.75, 3.05) is 26.2 Å². The number of aryl methyl sites for hydroxylation is 1. The van der Waals surface area contributed by atoms with Gasteiger partial charge in [0.15, 0.2) is 0 Å². The van der Waals surface area contributed by atoms with Gasteiger partial charge in [-0.25, -0.2) is 9.18 Å². The van der Waals surface area contributed by atoms with Crippen LogP contribution in [-0.4, -0.2) is 58.9 Å². The van der Waals surface area contributed by atoms with Gasteiger partial charge >= 0.3 is 5.97 Å². The smallest absolute Gasteiger partial charge is 0.335 e. The maximum Gasteiger partial charge on any atom is 0.335 e. The minimum atomic E-state index is -1.01. The summed E-state index contributed by atoms with van der Waals surface area (Å²) in [4.78, 5) is 39.2. The van der Waals surface area contributed by atoms with E-state index in [-0.39, 0.29) is 23.8 Å². The van der Waals surface area contributed by atoms with E-state index in [0.717, 1.165) is 5.56 Å². The topological polar surface area (TPSA) is 77.9 Å². The lowest BCUT2D eigenvalue weighted by Gasteiger charge is -2.35. The zero-order valence-electron chi connectivity index (χ0n) is 15.5. The van der Waals surface area contributed by atoms with E-state index < -0.39 is 11.8 Å². The lowest BCUT2D eigenvalue weighted by Crippen LogP contribution is -2.51. The van der Waals surface area contributed by atoms with Gasteiger partial charge in [-0.2, -0.15) is 0 Å². The van der Waals surface area contributed by atoms with Crippen LogP contribution in [0.2, 0.25) is 0 Å². The van der Waals surface area contributed by atoms with Gasteiger partial charge in [0.2, 0.25) is 5.91 Å². The van der Waals surface area contributed by atoms with Gasteiger partial charge in [-0.15, -0.1) is 0 Å². The van der Waals surface area contributed by atoms with Gasteiger partial charge in [-0.3, -0.25) is 9.59 Å². The first-order valence-corrected chi connectivity index (χ1v) is 9.00. The molecule has 6 nitrogen and oxygen atoms in total. The molecular formula is C21H21FN2O4. The molecule has 1 aliphatic rings. The number of carbonyl (C=O) groups is 3. The van der Waals surface area contributed by atoms with Crippen molar-refractivity contribution in [3.8, 4) is 0 Å². The van der Waals surface area contributed by atoms with Gasteiger partial charge < -0.3 is 14.9 Å². The van der Waals surface area contributed by atoms with Crippen molar-refractivity contribution in [1.29, 1.82) is 0 Å². The number of hydrogen-bond donors (Lipinski definition) is 1. The van der Waals surface area contributed by atoms with E-state index in [2.05, 4.69) is 0 Å². The molecular weight excluding hydrogens is 363 g/mol. The molecule has 1 heterocycles. The molecule has 2 aromatic rings. The molecule has 3 rings (SSSR count). The number of nitrogens with zero attached hydrogens (tertiary/aromatic N) is 2.